The van der Waals surface area contributed by atoms with Crippen molar-refractivity contribution in [3.63, 3.8) is 0 Å². The summed E-state index contributed by atoms with van der Waals surface area (Å²) < 4.78 is 31.3. The average molecular weight is 423 g/mol. The van der Waals surface area contributed by atoms with Crippen LogP contribution >= 0.6 is 0 Å². The number of carbonyl (C=O) groups excluding carboxylic acids is 1. The summed E-state index contributed by atoms with van der Waals surface area (Å²) in [6.07, 6.45) is 12.2. The molecule has 0 atom stereocenters. The molecule has 0 aliphatic carbocycles. The lowest BCUT2D eigenvalue weighted by molar-refractivity contribution is -0.207. The largest absolute Gasteiger partial charge is 0.462 e. The Morgan fingerprint density at radius 3 is 2.27 bits per heavy atom. The van der Waals surface area contributed by atoms with Crippen LogP contribution in [0.2, 0.25) is 0 Å². The van der Waals surface area contributed by atoms with E-state index in [1.54, 1.807) is 12.1 Å². The fraction of sp³-hybridized carbons (Fsp3) is 0.720. The maximum absolute atomic E-state index is 14.6. The van der Waals surface area contributed by atoms with E-state index in [0.29, 0.717) is 31.3 Å². The summed E-state index contributed by atoms with van der Waals surface area (Å²) in [6.45, 7) is 5.90. The Labute approximate surface area is 181 Å². The average Bonchev–Trinajstić information content (AvgIpc) is 2.76. The predicted molar refractivity (Wildman–Crippen MR) is 117 cm³/mol. The molecule has 1 aliphatic rings. The highest BCUT2D eigenvalue weighted by Crippen LogP contribution is 2.29. The molecule has 1 aromatic carbocycles. The molecule has 2 rings (SSSR count). The van der Waals surface area contributed by atoms with Crippen LogP contribution in [0.1, 0.15) is 107 Å². The molecule has 0 amide bonds. The van der Waals surface area contributed by atoms with Crippen molar-refractivity contribution >= 4 is 5.97 Å². The molecular weight excluding hydrogens is 383 g/mol. The van der Waals surface area contributed by atoms with E-state index in [0.717, 1.165) is 32.1 Å². The van der Waals surface area contributed by atoms with Gasteiger partial charge in [0.05, 0.1) is 25.4 Å². The van der Waals surface area contributed by atoms with Crippen LogP contribution in [0.25, 0.3) is 0 Å². The summed E-state index contributed by atoms with van der Waals surface area (Å²) in [4.78, 5) is 12.1. The van der Waals surface area contributed by atoms with Crippen molar-refractivity contribution in [2.75, 3.05) is 19.8 Å². The first-order chi connectivity index (χ1) is 14.7. The zero-order valence-corrected chi connectivity index (χ0v) is 18.8. The van der Waals surface area contributed by atoms with Gasteiger partial charge in [-0.1, -0.05) is 77.7 Å². The van der Waals surface area contributed by atoms with Crippen LogP contribution in [0, 0.1) is 11.7 Å². The van der Waals surface area contributed by atoms with Crippen molar-refractivity contribution in [1.29, 1.82) is 0 Å². The van der Waals surface area contributed by atoms with E-state index in [1.807, 2.05) is 0 Å². The number of carbonyl (C=O) groups is 1. The fourth-order valence-corrected chi connectivity index (χ4v) is 3.73. The van der Waals surface area contributed by atoms with Crippen LogP contribution in [0.5, 0.6) is 0 Å². The zero-order chi connectivity index (χ0) is 21.6. The van der Waals surface area contributed by atoms with Crippen molar-refractivity contribution in [3.05, 3.63) is 35.1 Å². The maximum atomic E-state index is 14.6. The highest BCUT2D eigenvalue weighted by molar-refractivity contribution is 5.89. The van der Waals surface area contributed by atoms with Crippen LogP contribution < -0.4 is 0 Å². The molecule has 0 aromatic heterocycles. The number of hydrogen-bond acceptors (Lipinski definition) is 4. The van der Waals surface area contributed by atoms with Crippen molar-refractivity contribution in [3.8, 4) is 0 Å². The minimum Gasteiger partial charge on any atom is -0.462 e. The minimum atomic E-state index is -0.704. The first-order valence-corrected chi connectivity index (χ1v) is 11.9. The molecule has 170 valence electrons. The molecule has 1 aliphatic heterocycles. The third kappa shape index (κ3) is 8.73. The number of benzene rings is 1. The first-order valence-electron chi connectivity index (χ1n) is 11.9. The van der Waals surface area contributed by atoms with Crippen LogP contribution in [-0.4, -0.2) is 25.8 Å². The molecule has 4 nitrogen and oxygen atoms in total. The van der Waals surface area contributed by atoms with Gasteiger partial charge in [-0.2, -0.15) is 0 Å². The number of halogens is 1. The molecule has 1 saturated heterocycles. The topological polar surface area (TPSA) is 44.8 Å². The first kappa shape index (κ1) is 24.8. The quantitative estimate of drug-likeness (QED) is 0.240. The lowest BCUT2D eigenvalue weighted by Crippen LogP contribution is -2.27. The third-order valence-electron chi connectivity index (χ3n) is 5.65. The van der Waals surface area contributed by atoms with Gasteiger partial charge in [0.15, 0.2) is 6.29 Å². The van der Waals surface area contributed by atoms with E-state index in [2.05, 4.69) is 13.8 Å². The second-order valence-corrected chi connectivity index (χ2v) is 8.35. The molecule has 0 saturated carbocycles. The smallest absolute Gasteiger partial charge is 0.338 e. The SMILES string of the molecule is CCCCCCCCC1COC(c2ccc(C(=O)OCCCCCC)cc2F)OC1. The summed E-state index contributed by atoms with van der Waals surface area (Å²) in [7, 11) is 0. The molecule has 1 aromatic rings. The van der Waals surface area contributed by atoms with Crippen molar-refractivity contribution < 1.29 is 23.4 Å². The number of hydrogen-bond donors (Lipinski definition) is 0. The lowest BCUT2D eigenvalue weighted by atomic mass is 10.0. The molecule has 0 radical (unpaired) electrons. The third-order valence-corrected chi connectivity index (χ3v) is 5.65. The van der Waals surface area contributed by atoms with Crippen molar-refractivity contribution in [1.82, 2.24) is 0 Å². The normalized spacial score (nSPS) is 19.0. The van der Waals surface area contributed by atoms with Crippen molar-refractivity contribution in [2.45, 2.75) is 90.8 Å². The van der Waals surface area contributed by atoms with Gasteiger partial charge < -0.3 is 14.2 Å². The monoisotopic (exact) mass is 422 g/mol. The van der Waals surface area contributed by atoms with Gasteiger partial charge in [-0.15, -0.1) is 0 Å². The predicted octanol–water partition coefficient (Wildman–Crippen LogP) is 6.98. The van der Waals surface area contributed by atoms with E-state index >= 15 is 0 Å². The Morgan fingerprint density at radius 2 is 1.60 bits per heavy atom. The second-order valence-electron chi connectivity index (χ2n) is 8.35. The number of esters is 1. The van der Waals surface area contributed by atoms with Crippen LogP contribution in [0.4, 0.5) is 4.39 Å². The Hall–Kier alpha value is -1.46. The Morgan fingerprint density at radius 1 is 0.967 bits per heavy atom. The summed E-state index contributed by atoms with van der Waals surface area (Å²) >= 11 is 0. The molecular formula is C25H39FO4. The Bertz CT molecular complexity index is 611. The molecule has 1 heterocycles. The van der Waals surface area contributed by atoms with Gasteiger partial charge >= 0.3 is 5.97 Å². The van der Waals surface area contributed by atoms with E-state index in [-0.39, 0.29) is 5.56 Å². The van der Waals surface area contributed by atoms with E-state index < -0.39 is 18.1 Å². The molecule has 5 heteroatoms. The molecule has 0 N–H and O–H groups in total. The molecule has 30 heavy (non-hydrogen) atoms. The summed E-state index contributed by atoms with van der Waals surface area (Å²) in [6, 6.07) is 4.38. The molecule has 0 bridgehead atoms. The van der Waals surface area contributed by atoms with Gasteiger partial charge in [0.2, 0.25) is 0 Å². The number of rotatable bonds is 14. The Balaban J connectivity index is 1.72. The highest BCUT2D eigenvalue weighted by atomic mass is 19.1. The summed E-state index contributed by atoms with van der Waals surface area (Å²) in [5.41, 5.74) is 0.566. The van der Waals surface area contributed by atoms with E-state index in [4.69, 9.17) is 14.2 Å². The standard InChI is InChI=1S/C25H39FO4/c1-3-5-7-9-10-11-13-20-18-29-25(30-19-20)22-15-14-21(17-23(22)26)24(27)28-16-12-8-6-4-2/h14-15,17,20,25H,3-13,16,18-19H2,1-2H3. The number of unbranched alkanes of at least 4 members (excludes halogenated alkanes) is 8. The van der Waals surface area contributed by atoms with Gasteiger partial charge in [-0.3, -0.25) is 0 Å². The molecule has 1 fully saturated rings. The van der Waals surface area contributed by atoms with Gasteiger partial charge in [-0.05, 0) is 25.0 Å². The molecule has 0 spiro atoms. The van der Waals surface area contributed by atoms with Gasteiger partial charge in [0.25, 0.3) is 0 Å². The van der Waals surface area contributed by atoms with Crippen LogP contribution in [-0.2, 0) is 14.2 Å². The fourth-order valence-electron chi connectivity index (χ4n) is 3.73. The second kappa shape index (κ2) is 14.5. The lowest BCUT2D eigenvalue weighted by Gasteiger charge is -2.30. The van der Waals surface area contributed by atoms with Gasteiger partial charge in [0, 0.05) is 11.5 Å². The maximum Gasteiger partial charge on any atom is 0.338 e. The Kier molecular flexibility index (Phi) is 12.0. The number of ether oxygens (including phenoxy) is 3. The van der Waals surface area contributed by atoms with Crippen LogP contribution in [0.3, 0.4) is 0 Å². The van der Waals surface area contributed by atoms with Crippen LogP contribution in [0.15, 0.2) is 18.2 Å². The van der Waals surface area contributed by atoms with Gasteiger partial charge in [0.1, 0.15) is 5.82 Å². The van der Waals surface area contributed by atoms with E-state index in [1.165, 1.54) is 44.6 Å². The summed E-state index contributed by atoms with van der Waals surface area (Å²) in [5, 5.41) is 0. The highest BCUT2D eigenvalue weighted by Gasteiger charge is 2.26. The van der Waals surface area contributed by atoms with Gasteiger partial charge in [-0.25, -0.2) is 9.18 Å². The summed E-state index contributed by atoms with van der Waals surface area (Å²) in [5.74, 6) is -0.603. The molecule has 0 unspecified atom stereocenters. The van der Waals surface area contributed by atoms with Crippen molar-refractivity contribution in [2.24, 2.45) is 5.92 Å². The van der Waals surface area contributed by atoms with E-state index in [9.17, 15) is 9.18 Å². The zero-order valence-electron chi connectivity index (χ0n) is 18.8. The minimum absolute atomic E-state index is 0.225.